The van der Waals surface area contributed by atoms with Crippen LogP contribution in [-0.2, 0) is 9.53 Å². The standard InChI is InChI=1S/C25H28FN3O4/c26-21-8-6-20(7-9-21)24(31)28-12-10-18(11-13-28)22(25(32)29-14-16-33-17-15-29)27-23(30)19-4-2-1-3-5-19/h1-9,18,22H,10-17H2,(H,27,30). The van der Waals surface area contributed by atoms with Gasteiger partial charge in [0.25, 0.3) is 11.8 Å². The van der Waals surface area contributed by atoms with Gasteiger partial charge in [-0.3, -0.25) is 14.4 Å². The minimum Gasteiger partial charge on any atom is -0.378 e. The summed E-state index contributed by atoms with van der Waals surface area (Å²) in [5.41, 5.74) is 0.939. The van der Waals surface area contributed by atoms with Crippen molar-refractivity contribution in [1.29, 1.82) is 0 Å². The van der Waals surface area contributed by atoms with Gasteiger partial charge in [-0.05, 0) is 55.2 Å². The lowest BCUT2D eigenvalue weighted by molar-refractivity contribution is -0.139. The van der Waals surface area contributed by atoms with Crippen LogP contribution < -0.4 is 5.32 Å². The van der Waals surface area contributed by atoms with Crippen molar-refractivity contribution in [2.45, 2.75) is 18.9 Å². The number of carbonyl (C=O) groups is 3. The third-order valence-corrected chi connectivity index (χ3v) is 6.30. The number of ether oxygens (including phenoxy) is 1. The summed E-state index contributed by atoms with van der Waals surface area (Å²) in [6.45, 7) is 2.90. The van der Waals surface area contributed by atoms with Crippen molar-refractivity contribution < 1.29 is 23.5 Å². The van der Waals surface area contributed by atoms with Crippen LogP contribution >= 0.6 is 0 Å². The molecule has 7 nitrogen and oxygen atoms in total. The van der Waals surface area contributed by atoms with Crippen molar-refractivity contribution in [3.05, 3.63) is 71.5 Å². The molecule has 0 aromatic heterocycles. The second kappa shape index (κ2) is 10.6. The largest absolute Gasteiger partial charge is 0.378 e. The number of piperidine rings is 1. The van der Waals surface area contributed by atoms with Crippen LogP contribution in [0, 0.1) is 11.7 Å². The smallest absolute Gasteiger partial charge is 0.253 e. The maximum absolute atomic E-state index is 13.4. The third-order valence-electron chi connectivity index (χ3n) is 6.30. The highest BCUT2D eigenvalue weighted by Crippen LogP contribution is 2.24. The van der Waals surface area contributed by atoms with Gasteiger partial charge in [0.2, 0.25) is 5.91 Å². The molecule has 2 aliphatic heterocycles. The number of likely N-dealkylation sites (tertiary alicyclic amines) is 1. The number of nitrogens with zero attached hydrogens (tertiary/aromatic N) is 2. The van der Waals surface area contributed by atoms with Gasteiger partial charge in [-0.15, -0.1) is 0 Å². The number of benzene rings is 2. The van der Waals surface area contributed by atoms with E-state index < -0.39 is 6.04 Å². The SMILES string of the molecule is O=C(NC(C(=O)N1CCOCC1)C1CCN(C(=O)c2ccc(F)cc2)CC1)c1ccccc1. The van der Waals surface area contributed by atoms with Gasteiger partial charge < -0.3 is 19.9 Å². The molecule has 2 heterocycles. The highest BCUT2D eigenvalue weighted by molar-refractivity contribution is 5.97. The first-order chi connectivity index (χ1) is 16.0. The monoisotopic (exact) mass is 453 g/mol. The zero-order valence-corrected chi connectivity index (χ0v) is 18.4. The molecule has 3 amide bonds. The van der Waals surface area contributed by atoms with Crippen LogP contribution in [0.2, 0.25) is 0 Å². The average Bonchev–Trinajstić information content (AvgIpc) is 2.88. The van der Waals surface area contributed by atoms with E-state index in [2.05, 4.69) is 5.32 Å². The van der Waals surface area contributed by atoms with E-state index in [1.807, 2.05) is 6.07 Å². The van der Waals surface area contributed by atoms with E-state index in [4.69, 9.17) is 4.74 Å². The summed E-state index contributed by atoms with van der Waals surface area (Å²) in [4.78, 5) is 42.5. The second-order valence-electron chi connectivity index (χ2n) is 8.39. The van der Waals surface area contributed by atoms with Crippen molar-refractivity contribution in [2.75, 3.05) is 39.4 Å². The van der Waals surface area contributed by atoms with E-state index in [0.717, 1.165) is 0 Å². The molecule has 174 valence electrons. The molecule has 0 spiro atoms. The van der Waals surface area contributed by atoms with Gasteiger partial charge in [0.1, 0.15) is 11.9 Å². The maximum Gasteiger partial charge on any atom is 0.253 e. The summed E-state index contributed by atoms with van der Waals surface area (Å²) >= 11 is 0. The van der Waals surface area contributed by atoms with Crippen molar-refractivity contribution >= 4 is 17.7 Å². The molecule has 0 aliphatic carbocycles. The van der Waals surface area contributed by atoms with E-state index >= 15 is 0 Å². The van der Waals surface area contributed by atoms with Crippen molar-refractivity contribution in [3.63, 3.8) is 0 Å². The Morgan fingerprint density at radius 3 is 2.12 bits per heavy atom. The first kappa shape index (κ1) is 22.9. The lowest BCUT2D eigenvalue weighted by Crippen LogP contribution is -2.56. The molecule has 0 bridgehead atoms. The molecular formula is C25H28FN3O4. The number of hydrogen-bond donors (Lipinski definition) is 1. The molecule has 1 N–H and O–H groups in total. The Morgan fingerprint density at radius 2 is 1.48 bits per heavy atom. The molecule has 0 radical (unpaired) electrons. The first-order valence-electron chi connectivity index (χ1n) is 11.3. The van der Waals surface area contributed by atoms with Gasteiger partial charge in [0.05, 0.1) is 13.2 Å². The molecule has 8 heteroatoms. The Morgan fingerprint density at radius 1 is 0.848 bits per heavy atom. The summed E-state index contributed by atoms with van der Waals surface area (Å²) in [5, 5.41) is 2.97. The fourth-order valence-electron chi connectivity index (χ4n) is 4.39. The molecular weight excluding hydrogens is 425 g/mol. The Hall–Kier alpha value is -3.26. The maximum atomic E-state index is 13.4. The van der Waals surface area contributed by atoms with Gasteiger partial charge in [-0.2, -0.15) is 0 Å². The van der Waals surface area contributed by atoms with Crippen molar-refractivity contribution in [3.8, 4) is 0 Å². The second-order valence-corrected chi connectivity index (χ2v) is 8.39. The molecule has 0 saturated carbocycles. The number of nitrogens with one attached hydrogen (secondary N) is 1. The van der Waals surface area contributed by atoms with Crippen LogP contribution in [-0.4, -0.2) is 73.0 Å². The Bertz CT molecular complexity index is 969. The third kappa shape index (κ3) is 5.57. The fraction of sp³-hybridized carbons (Fsp3) is 0.400. The molecule has 2 aromatic carbocycles. The minimum atomic E-state index is -0.668. The van der Waals surface area contributed by atoms with Gasteiger partial charge in [0.15, 0.2) is 0 Å². The van der Waals surface area contributed by atoms with Crippen LogP contribution in [0.15, 0.2) is 54.6 Å². The number of halogens is 1. The highest BCUT2D eigenvalue weighted by Gasteiger charge is 2.36. The highest BCUT2D eigenvalue weighted by atomic mass is 19.1. The van der Waals surface area contributed by atoms with E-state index in [-0.39, 0.29) is 29.5 Å². The zero-order chi connectivity index (χ0) is 23.2. The van der Waals surface area contributed by atoms with E-state index in [0.29, 0.717) is 63.4 Å². The Labute approximate surface area is 192 Å². The van der Waals surface area contributed by atoms with E-state index in [1.54, 1.807) is 34.1 Å². The van der Waals surface area contributed by atoms with Gasteiger partial charge >= 0.3 is 0 Å². The summed E-state index contributed by atoms with van der Waals surface area (Å²) in [6, 6.07) is 13.7. The number of morpholine rings is 1. The molecule has 33 heavy (non-hydrogen) atoms. The normalized spacial score (nSPS) is 18.0. The van der Waals surface area contributed by atoms with Crippen LogP contribution in [0.3, 0.4) is 0 Å². The van der Waals surface area contributed by atoms with Crippen LogP contribution in [0.1, 0.15) is 33.6 Å². The number of amides is 3. The minimum absolute atomic E-state index is 0.0923. The quantitative estimate of drug-likeness (QED) is 0.754. The lowest BCUT2D eigenvalue weighted by Gasteiger charge is -2.38. The fourth-order valence-corrected chi connectivity index (χ4v) is 4.39. The summed E-state index contributed by atoms with van der Waals surface area (Å²) in [5.74, 6) is -1.02. The molecule has 2 fully saturated rings. The van der Waals surface area contributed by atoms with Gasteiger partial charge in [-0.1, -0.05) is 18.2 Å². The van der Waals surface area contributed by atoms with Crippen LogP contribution in [0.25, 0.3) is 0 Å². The number of hydrogen-bond acceptors (Lipinski definition) is 4. The molecule has 1 atom stereocenters. The molecule has 1 unspecified atom stereocenters. The molecule has 2 aliphatic rings. The lowest BCUT2D eigenvalue weighted by atomic mass is 9.87. The van der Waals surface area contributed by atoms with Gasteiger partial charge in [-0.25, -0.2) is 4.39 Å². The van der Waals surface area contributed by atoms with Crippen molar-refractivity contribution in [2.24, 2.45) is 5.92 Å². The summed E-state index contributed by atoms with van der Waals surface area (Å²) in [6.07, 6.45) is 1.17. The number of rotatable bonds is 5. The predicted molar refractivity (Wildman–Crippen MR) is 120 cm³/mol. The predicted octanol–water partition coefficient (Wildman–Crippen LogP) is 2.34. The topological polar surface area (TPSA) is 79.0 Å². The molecule has 4 rings (SSSR count). The Kier molecular flexibility index (Phi) is 7.34. The van der Waals surface area contributed by atoms with E-state index in [1.165, 1.54) is 24.3 Å². The van der Waals surface area contributed by atoms with Gasteiger partial charge in [0, 0.05) is 37.3 Å². The average molecular weight is 454 g/mol. The van der Waals surface area contributed by atoms with Crippen LogP contribution in [0.4, 0.5) is 4.39 Å². The first-order valence-corrected chi connectivity index (χ1v) is 11.3. The van der Waals surface area contributed by atoms with E-state index in [9.17, 15) is 18.8 Å². The summed E-state index contributed by atoms with van der Waals surface area (Å²) in [7, 11) is 0. The number of carbonyl (C=O) groups excluding carboxylic acids is 3. The Balaban J connectivity index is 1.45. The van der Waals surface area contributed by atoms with Crippen molar-refractivity contribution in [1.82, 2.24) is 15.1 Å². The zero-order valence-electron chi connectivity index (χ0n) is 18.4. The molecule has 2 saturated heterocycles. The molecule has 2 aromatic rings. The van der Waals surface area contributed by atoms with Crippen LogP contribution in [0.5, 0.6) is 0 Å². The summed E-state index contributed by atoms with van der Waals surface area (Å²) < 4.78 is 18.6.